The Balaban J connectivity index is 1.54. The van der Waals surface area contributed by atoms with E-state index < -0.39 is 0 Å². The summed E-state index contributed by atoms with van der Waals surface area (Å²) < 4.78 is 11.5. The third kappa shape index (κ3) is 5.34. The van der Waals surface area contributed by atoms with E-state index in [1.165, 1.54) is 18.2 Å². The summed E-state index contributed by atoms with van der Waals surface area (Å²) in [5.74, 6) is 2.03. The molecule has 27 heavy (non-hydrogen) atoms. The standard InChI is InChI=1S/C21H28N2O3S/c1-13(2)17-9-8-15(4)11-18(17)25-19(24)12-27-21-23-22-20(26-21)16-7-5-6-14(3)10-16/h5-7,10,13,15,17-18H,8-9,11-12H2,1-4H3/t15-,17-,18-/m1/s1. The normalized spacial score (nSPS) is 22.8. The van der Waals surface area contributed by atoms with E-state index in [2.05, 4.69) is 31.0 Å². The lowest BCUT2D eigenvalue weighted by Gasteiger charge is -2.36. The number of hydrogen-bond donors (Lipinski definition) is 0. The molecule has 1 heterocycles. The maximum atomic E-state index is 12.3. The fourth-order valence-electron chi connectivity index (χ4n) is 3.74. The lowest BCUT2D eigenvalue weighted by atomic mass is 9.75. The summed E-state index contributed by atoms with van der Waals surface area (Å²) in [6, 6.07) is 7.89. The van der Waals surface area contributed by atoms with Crippen molar-refractivity contribution >= 4 is 17.7 Å². The van der Waals surface area contributed by atoms with Crippen LogP contribution in [-0.2, 0) is 9.53 Å². The molecule has 1 aromatic carbocycles. The molecule has 1 fully saturated rings. The summed E-state index contributed by atoms with van der Waals surface area (Å²) in [5, 5.41) is 8.50. The number of hydrogen-bond acceptors (Lipinski definition) is 6. The van der Waals surface area contributed by atoms with Crippen molar-refractivity contribution in [1.29, 1.82) is 0 Å². The molecular weight excluding hydrogens is 360 g/mol. The van der Waals surface area contributed by atoms with Gasteiger partial charge in [0.1, 0.15) is 11.9 Å². The summed E-state index contributed by atoms with van der Waals surface area (Å²) in [6.45, 7) is 8.67. The highest BCUT2D eigenvalue weighted by Crippen LogP contribution is 2.35. The SMILES string of the molecule is Cc1cccc(-c2nnc(SCC(=O)O[C@@H]3C[C@H](C)CC[C@@H]3C(C)C)o2)c1. The zero-order valence-corrected chi connectivity index (χ0v) is 17.3. The van der Waals surface area contributed by atoms with Crippen LogP contribution in [0.4, 0.5) is 0 Å². The first-order valence-corrected chi connectivity index (χ1v) is 10.6. The van der Waals surface area contributed by atoms with Gasteiger partial charge in [0.15, 0.2) is 0 Å². The molecule has 0 radical (unpaired) electrons. The minimum atomic E-state index is -0.208. The van der Waals surface area contributed by atoms with Crippen LogP contribution in [0.3, 0.4) is 0 Å². The Morgan fingerprint density at radius 3 is 2.89 bits per heavy atom. The lowest BCUT2D eigenvalue weighted by Crippen LogP contribution is -2.36. The monoisotopic (exact) mass is 388 g/mol. The Bertz CT molecular complexity index is 774. The van der Waals surface area contributed by atoms with Crippen molar-refractivity contribution in [1.82, 2.24) is 10.2 Å². The van der Waals surface area contributed by atoms with Crippen LogP contribution in [0, 0.1) is 24.7 Å². The van der Waals surface area contributed by atoms with Crippen LogP contribution in [0.2, 0.25) is 0 Å². The van der Waals surface area contributed by atoms with Crippen molar-refractivity contribution in [3.8, 4) is 11.5 Å². The van der Waals surface area contributed by atoms with Gasteiger partial charge in [-0.1, -0.05) is 56.7 Å². The molecule has 0 N–H and O–H groups in total. The Morgan fingerprint density at radius 1 is 1.33 bits per heavy atom. The molecule has 0 amide bonds. The number of ether oxygens (including phenoxy) is 1. The van der Waals surface area contributed by atoms with Gasteiger partial charge in [-0.05, 0) is 49.7 Å². The van der Waals surface area contributed by atoms with E-state index in [4.69, 9.17) is 9.15 Å². The summed E-state index contributed by atoms with van der Waals surface area (Å²) in [7, 11) is 0. The molecule has 3 rings (SSSR count). The second-order valence-corrected chi connectivity index (χ2v) is 8.81. The Hall–Kier alpha value is -1.82. The average molecular weight is 389 g/mol. The van der Waals surface area contributed by atoms with E-state index in [-0.39, 0.29) is 17.8 Å². The largest absolute Gasteiger partial charge is 0.461 e. The van der Waals surface area contributed by atoms with E-state index in [9.17, 15) is 4.79 Å². The second kappa shape index (κ2) is 8.91. The van der Waals surface area contributed by atoms with Gasteiger partial charge in [-0.15, -0.1) is 10.2 Å². The van der Waals surface area contributed by atoms with Crippen molar-refractivity contribution in [2.75, 3.05) is 5.75 Å². The third-order valence-corrected chi connectivity index (χ3v) is 6.02. The molecule has 0 aliphatic heterocycles. The van der Waals surface area contributed by atoms with E-state index in [1.54, 1.807) is 0 Å². The van der Waals surface area contributed by atoms with Crippen LogP contribution in [0.25, 0.3) is 11.5 Å². The van der Waals surface area contributed by atoms with Crippen LogP contribution in [0.5, 0.6) is 0 Å². The molecule has 1 aliphatic carbocycles. The highest BCUT2D eigenvalue weighted by molar-refractivity contribution is 7.99. The van der Waals surface area contributed by atoms with Crippen molar-refractivity contribution in [3.63, 3.8) is 0 Å². The molecule has 0 bridgehead atoms. The third-order valence-electron chi connectivity index (χ3n) is 5.23. The molecular formula is C21H28N2O3S. The number of carbonyl (C=O) groups is 1. The predicted octanol–water partition coefficient (Wildman–Crippen LogP) is 5.14. The Kier molecular flexibility index (Phi) is 6.58. The van der Waals surface area contributed by atoms with Gasteiger partial charge in [-0.2, -0.15) is 0 Å². The van der Waals surface area contributed by atoms with Gasteiger partial charge in [0.05, 0.1) is 0 Å². The first-order chi connectivity index (χ1) is 12.9. The fraction of sp³-hybridized carbons (Fsp3) is 0.571. The molecule has 2 aromatic rings. The molecule has 146 valence electrons. The molecule has 0 saturated heterocycles. The first kappa shape index (κ1) is 19.9. The summed E-state index contributed by atoms with van der Waals surface area (Å²) >= 11 is 1.23. The van der Waals surface area contributed by atoms with Crippen LogP contribution in [0.15, 0.2) is 33.9 Å². The predicted molar refractivity (Wildman–Crippen MR) is 106 cm³/mol. The van der Waals surface area contributed by atoms with Gasteiger partial charge in [-0.3, -0.25) is 4.79 Å². The van der Waals surface area contributed by atoms with Gasteiger partial charge >= 0.3 is 5.97 Å². The number of rotatable bonds is 6. The maximum absolute atomic E-state index is 12.3. The van der Waals surface area contributed by atoms with Crippen LogP contribution >= 0.6 is 11.8 Å². The van der Waals surface area contributed by atoms with Gasteiger partial charge in [0.2, 0.25) is 5.89 Å². The smallest absolute Gasteiger partial charge is 0.316 e. The van der Waals surface area contributed by atoms with E-state index in [1.807, 2.05) is 31.2 Å². The number of carbonyl (C=O) groups excluding carboxylic acids is 1. The maximum Gasteiger partial charge on any atom is 0.316 e. The van der Waals surface area contributed by atoms with Gasteiger partial charge in [0, 0.05) is 5.56 Å². The van der Waals surface area contributed by atoms with E-state index >= 15 is 0 Å². The van der Waals surface area contributed by atoms with Gasteiger partial charge in [-0.25, -0.2) is 0 Å². The molecule has 1 aliphatic rings. The number of aryl methyl sites for hydroxylation is 1. The fourth-order valence-corrected chi connectivity index (χ4v) is 4.28. The summed E-state index contributed by atoms with van der Waals surface area (Å²) in [6.07, 6.45) is 3.33. The lowest BCUT2D eigenvalue weighted by molar-refractivity contribution is -0.152. The molecule has 1 saturated carbocycles. The zero-order valence-electron chi connectivity index (χ0n) is 16.5. The quantitative estimate of drug-likeness (QED) is 0.504. The van der Waals surface area contributed by atoms with Crippen molar-refractivity contribution < 1.29 is 13.9 Å². The van der Waals surface area contributed by atoms with Gasteiger partial charge < -0.3 is 9.15 Å². The highest BCUT2D eigenvalue weighted by Gasteiger charge is 2.33. The van der Waals surface area contributed by atoms with Crippen molar-refractivity contribution in [2.45, 2.75) is 58.3 Å². The minimum Gasteiger partial charge on any atom is -0.461 e. The number of nitrogens with zero attached hydrogens (tertiary/aromatic N) is 2. The van der Waals surface area contributed by atoms with Gasteiger partial charge in [0.25, 0.3) is 5.22 Å². The highest BCUT2D eigenvalue weighted by atomic mass is 32.2. The Labute approximate surface area is 165 Å². The number of thioether (sulfide) groups is 1. The number of esters is 1. The number of benzene rings is 1. The summed E-state index contributed by atoms with van der Waals surface area (Å²) in [5.41, 5.74) is 2.01. The molecule has 0 spiro atoms. The zero-order chi connectivity index (χ0) is 19.4. The molecule has 5 nitrogen and oxygen atoms in total. The van der Waals surface area contributed by atoms with Crippen LogP contribution in [0.1, 0.15) is 45.6 Å². The molecule has 0 unspecified atom stereocenters. The summed E-state index contributed by atoms with van der Waals surface area (Å²) in [4.78, 5) is 12.3. The molecule has 1 aromatic heterocycles. The first-order valence-electron chi connectivity index (χ1n) is 9.65. The van der Waals surface area contributed by atoms with Crippen molar-refractivity contribution in [3.05, 3.63) is 29.8 Å². The van der Waals surface area contributed by atoms with Crippen molar-refractivity contribution in [2.24, 2.45) is 17.8 Å². The molecule has 3 atom stereocenters. The van der Waals surface area contributed by atoms with Crippen LogP contribution < -0.4 is 0 Å². The second-order valence-electron chi connectivity index (χ2n) is 7.89. The topological polar surface area (TPSA) is 65.2 Å². The van der Waals surface area contributed by atoms with E-state index in [0.717, 1.165) is 24.0 Å². The minimum absolute atomic E-state index is 0.0207. The van der Waals surface area contributed by atoms with Crippen LogP contribution in [-0.4, -0.2) is 28.0 Å². The average Bonchev–Trinajstić information content (AvgIpc) is 3.09. The van der Waals surface area contributed by atoms with E-state index in [0.29, 0.717) is 28.9 Å². The number of aromatic nitrogens is 2. The molecule has 6 heteroatoms. The Morgan fingerprint density at radius 2 is 2.15 bits per heavy atom.